The molecule has 2 fully saturated rings. The molecule has 2 atom stereocenters. The number of likely N-dealkylation sites (tertiary alicyclic amines) is 1. The molecule has 122 valence electrons. The topological polar surface area (TPSA) is 60.4 Å². The van der Waals surface area contributed by atoms with E-state index in [9.17, 15) is 14.7 Å². The van der Waals surface area contributed by atoms with Crippen molar-refractivity contribution in [2.24, 2.45) is 11.8 Å². The molecule has 1 amide bonds. The molecular weight excluding hydrogens is 313 g/mol. The van der Waals surface area contributed by atoms with Crippen LogP contribution in [0.4, 0.5) is 0 Å². The summed E-state index contributed by atoms with van der Waals surface area (Å²) in [6, 6.07) is 9.18. The summed E-state index contributed by atoms with van der Waals surface area (Å²) in [5.41, 5.74) is 0.825. The van der Waals surface area contributed by atoms with Gasteiger partial charge in [-0.1, -0.05) is 43.2 Å². The molecule has 24 heavy (non-hydrogen) atoms. The molecule has 1 aromatic rings. The minimum atomic E-state index is -1.26. The second kappa shape index (κ2) is 8.84. The van der Waals surface area contributed by atoms with Crippen molar-refractivity contribution in [2.45, 2.75) is 32.1 Å². The number of benzene rings is 1. The van der Waals surface area contributed by atoms with Crippen molar-refractivity contribution in [1.82, 2.24) is 4.90 Å². The van der Waals surface area contributed by atoms with Crippen molar-refractivity contribution in [3.63, 3.8) is 0 Å². The zero-order chi connectivity index (χ0) is 16.2. The Morgan fingerprint density at radius 1 is 1.08 bits per heavy atom. The van der Waals surface area contributed by atoms with E-state index in [2.05, 4.69) is 0 Å². The quantitative estimate of drug-likeness (QED) is 0.516. The van der Waals surface area contributed by atoms with Crippen LogP contribution in [0.1, 0.15) is 37.7 Å². The second-order valence-electron chi connectivity index (χ2n) is 6.65. The third kappa shape index (κ3) is 4.71. The van der Waals surface area contributed by atoms with Crippen LogP contribution in [0.25, 0.3) is 6.08 Å². The van der Waals surface area contributed by atoms with Gasteiger partial charge in [0.15, 0.2) is 0 Å². The van der Waals surface area contributed by atoms with Gasteiger partial charge in [-0.3, -0.25) is 4.79 Å². The van der Waals surface area contributed by atoms with Gasteiger partial charge in [0.25, 0.3) is 0 Å². The van der Waals surface area contributed by atoms with Gasteiger partial charge in [-0.05, 0) is 41.9 Å². The van der Waals surface area contributed by atoms with E-state index in [0.29, 0.717) is 11.8 Å². The van der Waals surface area contributed by atoms with Crippen LogP contribution in [0.2, 0.25) is 0 Å². The molecule has 1 saturated carbocycles. The molecule has 4 nitrogen and oxygen atoms in total. The fraction of sp³-hybridized carbons (Fsp3) is 0.474. The molecule has 3 rings (SSSR count). The van der Waals surface area contributed by atoms with Gasteiger partial charge >= 0.3 is 29.6 Å². The van der Waals surface area contributed by atoms with E-state index < -0.39 is 5.97 Å². The number of aliphatic carboxylic acids is 1. The molecular formula is C19H22NNaO3. The van der Waals surface area contributed by atoms with Crippen LogP contribution in [-0.4, -0.2) is 29.9 Å². The first-order valence-corrected chi connectivity index (χ1v) is 8.38. The Hall–Kier alpha value is -1.10. The first kappa shape index (κ1) is 19.2. The zero-order valence-corrected chi connectivity index (χ0v) is 16.2. The van der Waals surface area contributed by atoms with Crippen molar-refractivity contribution < 1.29 is 44.3 Å². The SMILES string of the molecule is O=C([O-])C(=Cc1ccccc1)CC(=O)N1C[C@H]2CCCC[C@H]2C1.[Na+]. The summed E-state index contributed by atoms with van der Waals surface area (Å²) in [6.45, 7) is 1.57. The van der Waals surface area contributed by atoms with Crippen molar-refractivity contribution in [1.29, 1.82) is 0 Å². The van der Waals surface area contributed by atoms with Gasteiger partial charge in [-0.2, -0.15) is 0 Å². The smallest absolute Gasteiger partial charge is 0.545 e. The minimum Gasteiger partial charge on any atom is -0.545 e. The summed E-state index contributed by atoms with van der Waals surface area (Å²) in [4.78, 5) is 25.7. The van der Waals surface area contributed by atoms with Gasteiger partial charge in [-0.15, -0.1) is 0 Å². The third-order valence-electron chi connectivity index (χ3n) is 5.07. The van der Waals surface area contributed by atoms with Crippen molar-refractivity contribution in [3.8, 4) is 0 Å². The van der Waals surface area contributed by atoms with Crippen LogP contribution in [0.15, 0.2) is 35.9 Å². The van der Waals surface area contributed by atoms with Gasteiger partial charge in [0.05, 0.1) is 12.4 Å². The van der Waals surface area contributed by atoms with E-state index in [4.69, 9.17) is 0 Å². The number of rotatable bonds is 4. The number of carboxylic acid groups (broad SMARTS) is 1. The standard InChI is InChI=1S/C19H23NO3.Na/c21-18(20-12-15-8-4-5-9-16(15)13-20)11-17(19(22)23)10-14-6-2-1-3-7-14;/h1-3,6-7,10,15-16H,4-5,8-9,11-13H2,(H,22,23);/q;+1/p-1/t15-,16+;. The second-order valence-corrected chi connectivity index (χ2v) is 6.65. The molecule has 1 aromatic carbocycles. The number of nitrogens with zero attached hydrogens (tertiary/aromatic N) is 1. The number of fused-ring (bicyclic) bond motifs is 1. The summed E-state index contributed by atoms with van der Waals surface area (Å²) in [6.07, 6.45) is 6.35. The monoisotopic (exact) mass is 335 g/mol. The molecule has 2 aliphatic rings. The van der Waals surface area contributed by atoms with E-state index >= 15 is 0 Å². The van der Waals surface area contributed by atoms with Gasteiger partial charge in [0.2, 0.25) is 5.91 Å². The maximum Gasteiger partial charge on any atom is 1.00 e. The molecule has 0 radical (unpaired) electrons. The molecule has 1 aliphatic carbocycles. The van der Waals surface area contributed by atoms with Crippen molar-refractivity contribution >= 4 is 18.0 Å². The Kier molecular flexibility index (Phi) is 7.08. The fourth-order valence-corrected chi connectivity index (χ4v) is 3.82. The molecule has 1 saturated heterocycles. The Morgan fingerprint density at radius 3 is 2.21 bits per heavy atom. The van der Waals surface area contributed by atoms with Crippen LogP contribution < -0.4 is 34.7 Å². The van der Waals surface area contributed by atoms with Crippen LogP contribution in [0.3, 0.4) is 0 Å². The van der Waals surface area contributed by atoms with Gasteiger partial charge in [0.1, 0.15) is 0 Å². The Morgan fingerprint density at radius 2 is 1.67 bits per heavy atom. The van der Waals surface area contributed by atoms with E-state index in [-0.39, 0.29) is 47.5 Å². The first-order valence-electron chi connectivity index (χ1n) is 8.38. The number of hydrogen-bond acceptors (Lipinski definition) is 3. The maximum absolute atomic E-state index is 12.5. The van der Waals surface area contributed by atoms with E-state index in [0.717, 1.165) is 18.7 Å². The van der Waals surface area contributed by atoms with E-state index in [1.807, 2.05) is 35.2 Å². The summed E-state index contributed by atoms with van der Waals surface area (Å²) >= 11 is 0. The Balaban J connectivity index is 0.00000208. The average molecular weight is 335 g/mol. The van der Waals surface area contributed by atoms with Crippen LogP contribution in [0.5, 0.6) is 0 Å². The van der Waals surface area contributed by atoms with Gasteiger partial charge in [-0.25, -0.2) is 0 Å². The van der Waals surface area contributed by atoms with Crippen LogP contribution in [0, 0.1) is 11.8 Å². The summed E-state index contributed by atoms with van der Waals surface area (Å²) in [7, 11) is 0. The number of hydrogen-bond donors (Lipinski definition) is 0. The Labute approximate surface area is 165 Å². The van der Waals surface area contributed by atoms with E-state index in [1.165, 1.54) is 31.8 Å². The predicted molar refractivity (Wildman–Crippen MR) is 86.1 cm³/mol. The largest absolute Gasteiger partial charge is 1.00 e. The zero-order valence-electron chi connectivity index (χ0n) is 14.2. The molecule has 1 aliphatic heterocycles. The van der Waals surface area contributed by atoms with Crippen molar-refractivity contribution in [2.75, 3.05) is 13.1 Å². The number of amides is 1. The summed E-state index contributed by atoms with van der Waals surface area (Å²) in [5.74, 6) is -0.140. The average Bonchev–Trinajstić information content (AvgIpc) is 2.99. The first-order chi connectivity index (χ1) is 11.1. The number of carbonyl (C=O) groups is 2. The van der Waals surface area contributed by atoms with E-state index in [1.54, 1.807) is 0 Å². The third-order valence-corrected chi connectivity index (χ3v) is 5.07. The molecule has 1 heterocycles. The molecule has 0 N–H and O–H groups in total. The van der Waals surface area contributed by atoms with Crippen LogP contribution >= 0.6 is 0 Å². The normalized spacial score (nSPS) is 23.3. The number of carboxylic acids is 1. The van der Waals surface area contributed by atoms with Crippen LogP contribution in [-0.2, 0) is 9.59 Å². The minimum absolute atomic E-state index is 0. The molecule has 0 bridgehead atoms. The molecule has 0 unspecified atom stereocenters. The van der Waals surface area contributed by atoms with Gasteiger partial charge in [0, 0.05) is 13.1 Å². The molecule has 0 aromatic heterocycles. The predicted octanol–water partition coefficient (Wildman–Crippen LogP) is -1.14. The molecule has 0 spiro atoms. The summed E-state index contributed by atoms with van der Waals surface area (Å²) in [5, 5.41) is 11.4. The number of carbonyl (C=O) groups excluding carboxylic acids is 2. The Bertz CT molecular complexity index is 600. The van der Waals surface area contributed by atoms with Gasteiger partial charge < -0.3 is 14.8 Å². The van der Waals surface area contributed by atoms with Crippen molar-refractivity contribution in [3.05, 3.63) is 41.5 Å². The summed E-state index contributed by atoms with van der Waals surface area (Å²) < 4.78 is 0. The molecule has 5 heteroatoms. The maximum atomic E-state index is 12.5. The fourth-order valence-electron chi connectivity index (χ4n) is 3.82.